The van der Waals surface area contributed by atoms with Crippen LogP contribution in [0.25, 0.3) is 0 Å². The number of pyridine rings is 1. The molecule has 7 nitrogen and oxygen atoms in total. The Labute approximate surface area is 152 Å². The topological polar surface area (TPSA) is 79.6 Å². The standard InChI is InChI=1S/C19H22N4O3/c1-14-5-3-4-6-16(14)12-19(24)22-9-7-21(8-10-22)18-11-15(2)17(13-20-18)23(25)26/h3-6,11,13H,7-10,12H2,1-2H3. The van der Waals surface area contributed by atoms with Crippen molar-refractivity contribution >= 4 is 17.4 Å². The smallest absolute Gasteiger partial charge is 0.290 e. The van der Waals surface area contributed by atoms with Crippen molar-refractivity contribution in [2.24, 2.45) is 0 Å². The van der Waals surface area contributed by atoms with Crippen molar-refractivity contribution in [3.8, 4) is 0 Å². The fraction of sp³-hybridized carbons (Fsp3) is 0.368. The minimum atomic E-state index is -0.422. The zero-order chi connectivity index (χ0) is 18.7. The molecule has 0 bridgehead atoms. The highest BCUT2D eigenvalue weighted by molar-refractivity contribution is 5.79. The Morgan fingerprint density at radius 2 is 1.85 bits per heavy atom. The van der Waals surface area contributed by atoms with Crippen LogP contribution in [-0.4, -0.2) is 46.9 Å². The fourth-order valence-corrected chi connectivity index (χ4v) is 3.17. The number of aromatic nitrogens is 1. The number of piperazine rings is 1. The van der Waals surface area contributed by atoms with Crippen LogP contribution in [0.5, 0.6) is 0 Å². The lowest BCUT2D eigenvalue weighted by Crippen LogP contribution is -2.49. The predicted molar refractivity (Wildman–Crippen MR) is 99.3 cm³/mol. The normalized spacial score (nSPS) is 14.4. The number of nitro groups is 1. The van der Waals surface area contributed by atoms with E-state index in [1.54, 1.807) is 13.0 Å². The molecule has 0 unspecified atom stereocenters. The number of hydrogen-bond acceptors (Lipinski definition) is 5. The second kappa shape index (κ2) is 7.51. The first-order chi connectivity index (χ1) is 12.5. The molecule has 0 radical (unpaired) electrons. The molecular formula is C19H22N4O3. The molecule has 3 rings (SSSR count). The molecule has 26 heavy (non-hydrogen) atoms. The van der Waals surface area contributed by atoms with Gasteiger partial charge in [0.15, 0.2) is 0 Å². The highest BCUT2D eigenvalue weighted by Crippen LogP contribution is 2.22. The summed E-state index contributed by atoms with van der Waals surface area (Å²) in [6, 6.07) is 9.68. The zero-order valence-corrected chi connectivity index (χ0v) is 15.0. The monoisotopic (exact) mass is 354 g/mol. The lowest BCUT2D eigenvalue weighted by Gasteiger charge is -2.35. The van der Waals surface area contributed by atoms with E-state index in [4.69, 9.17) is 0 Å². The first kappa shape index (κ1) is 17.8. The van der Waals surface area contributed by atoms with Crippen LogP contribution in [0.4, 0.5) is 11.5 Å². The summed E-state index contributed by atoms with van der Waals surface area (Å²) >= 11 is 0. The Bertz CT molecular complexity index is 829. The van der Waals surface area contributed by atoms with Gasteiger partial charge in [-0.1, -0.05) is 24.3 Å². The van der Waals surface area contributed by atoms with Crippen LogP contribution in [0.2, 0.25) is 0 Å². The molecule has 0 saturated carbocycles. The van der Waals surface area contributed by atoms with Crippen LogP contribution in [-0.2, 0) is 11.2 Å². The molecule has 2 aromatic rings. The SMILES string of the molecule is Cc1ccccc1CC(=O)N1CCN(c2cc(C)c([N+](=O)[O-])cn2)CC1. The molecule has 0 N–H and O–H groups in total. The van der Waals surface area contributed by atoms with E-state index in [0.29, 0.717) is 38.2 Å². The van der Waals surface area contributed by atoms with Crippen molar-refractivity contribution in [3.63, 3.8) is 0 Å². The average molecular weight is 354 g/mol. The molecular weight excluding hydrogens is 332 g/mol. The second-order valence-corrected chi connectivity index (χ2v) is 6.56. The minimum Gasteiger partial charge on any atom is -0.353 e. The molecule has 1 aliphatic heterocycles. The van der Waals surface area contributed by atoms with Crippen LogP contribution in [0.1, 0.15) is 16.7 Å². The molecule has 0 aliphatic carbocycles. The molecule has 2 heterocycles. The Hall–Kier alpha value is -2.96. The minimum absolute atomic E-state index is 0.0285. The summed E-state index contributed by atoms with van der Waals surface area (Å²) < 4.78 is 0. The van der Waals surface area contributed by atoms with Gasteiger partial charge in [0.1, 0.15) is 12.0 Å². The maximum Gasteiger partial charge on any atom is 0.290 e. The van der Waals surface area contributed by atoms with Crippen molar-refractivity contribution in [2.45, 2.75) is 20.3 Å². The van der Waals surface area contributed by atoms with Crippen molar-refractivity contribution in [3.05, 3.63) is 63.3 Å². The molecule has 0 spiro atoms. The summed E-state index contributed by atoms with van der Waals surface area (Å²) in [4.78, 5) is 31.2. The Morgan fingerprint density at radius 1 is 1.15 bits per heavy atom. The summed E-state index contributed by atoms with van der Waals surface area (Å²) in [7, 11) is 0. The molecule has 1 aromatic heterocycles. The van der Waals surface area contributed by atoms with Gasteiger partial charge < -0.3 is 9.80 Å². The molecule has 1 fully saturated rings. The molecule has 0 atom stereocenters. The van der Waals surface area contributed by atoms with Gasteiger partial charge in [0.05, 0.1) is 11.3 Å². The third-order valence-electron chi connectivity index (χ3n) is 4.82. The van der Waals surface area contributed by atoms with Crippen molar-refractivity contribution in [2.75, 3.05) is 31.1 Å². The van der Waals surface area contributed by atoms with Crippen molar-refractivity contribution in [1.29, 1.82) is 0 Å². The fourth-order valence-electron chi connectivity index (χ4n) is 3.17. The summed E-state index contributed by atoms with van der Waals surface area (Å²) in [5.74, 6) is 0.853. The number of amides is 1. The van der Waals surface area contributed by atoms with Crippen molar-refractivity contribution in [1.82, 2.24) is 9.88 Å². The number of nitrogens with zero attached hydrogens (tertiary/aromatic N) is 4. The van der Waals surface area contributed by atoms with E-state index in [-0.39, 0.29) is 11.6 Å². The largest absolute Gasteiger partial charge is 0.353 e. The maximum atomic E-state index is 12.6. The second-order valence-electron chi connectivity index (χ2n) is 6.56. The van der Waals surface area contributed by atoms with Gasteiger partial charge in [-0.2, -0.15) is 0 Å². The van der Waals surface area contributed by atoms with Gasteiger partial charge in [-0.3, -0.25) is 14.9 Å². The Morgan fingerprint density at radius 3 is 2.46 bits per heavy atom. The molecule has 1 amide bonds. The summed E-state index contributed by atoms with van der Waals surface area (Å²) in [6.07, 6.45) is 1.72. The van der Waals surface area contributed by atoms with E-state index in [1.807, 2.05) is 36.1 Å². The van der Waals surface area contributed by atoms with Crippen LogP contribution < -0.4 is 4.90 Å². The van der Waals surface area contributed by atoms with Gasteiger partial charge >= 0.3 is 0 Å². The molecule has 1 saturated heterocycles. The van der Waals surface area contributed by atoms with Crippen LogP contribution in [0, 0.1) is 24.0 Å². The number of hydrogen-bond donors (Lipinski definition) is 0. The summed E-state index contributed by atoms with van der Waals surface area (Å²) in [5, 5.41) is 10.9. The molecule has 7 heteroatoms. The third kappa shape index (κ3) is 3.82. The van der Waals surface area contributed by atoms with Gasteiger partial charge in [-0.05, 0) is 31.0 Å². The van der Waals surface area contributed by atoms with Crippen molar-refractivity contribution < 1.29 is 9.72 Å². The first-order valence-corrected chi connectivity index (χ1v) is 8.64. The lowest BCUT2D eigenvalue weighted by atomic mass is 10.1. The van der Waals surface area contributed by atoms with E-state index in [1.165, 1.54) is 6.20 Å². The van der Waals surface area contributed by atoms with Gasteiger partial charge in [-0.25, -0.2) is 4.98 Å². The van der Waals surface area contributed by atoms with E-state index >= 15 is 0 Å². The van der Waals surface area contributed by atoms with E-state index in [2.05, 4.69) is 9.88 Å². The summed E-state index contributed by atoms with van der Waals surface area (Å²) in [6.45, 7) is 6.33. The summed E-state index contributed by atoms with van der Waals surface area (Å²) in [5.41, 5.74) is 2.82. The Balaban J connectivity index is 1.60. The molecule has 1 aliphatic rings. The lowest BCUT2D eigenvalue weighted by molar-refractivity contribution is -0.385. The van der Waals surface area contributed by atoms with Gasteiger partial charge in [0, 0.05) is 31.7 Å². The highest BCUT2D eigenvalue weighted by Gasteiger charge is 2.23. The number of carbonyl (C=O) groups excluding carboxylic acids is 1. The zero-order valence-electron chi connectivity index (χ0n) is 15.0. The van der Waals surface area contributed by atoms with Gasteiger partial charge in [0.2, 0.25) is 5.91 Å². The van der Waals surface area contributed by atoms with Gasteiger partial charge in [0.25, 0.3) is 5.69 Å². The van der Waals surface area contributed by atoms with Crippen LogP contribution in [0.3, 0.4) is 0 Å². The van der Waals surface area contributed by atoms with E-state index in [9.17, 15) is 14.9 Å². The Kier molecular flexibility index (Phi) is 5.16. The number of rotatable bonds is 4. The van der Waals surface area contributed by atoms with Crippen LogP contribution >= 0.6 is 0 Å². The number of carbonyl (C=O) groups is 1. The van der Waals surface area contributed by atoms with Crippen LogP contribution in [0.15, 0.2) is 36.5 Å². The predicted octanol–water partition coefficient (Wildman–Crippen LogP) is 2.50. The van der Waals surface area contributed by atoms with E-state index < -0.39 is 4.92 Å². The molecule has 136 valence electrons. The number of aryl methyl sites for hydroxylation is 2. The number of anilines is 1. The highest BCUT2D eigenvalue weighted by atomic mass is 16.6. The third-order valence-corrected chi connectivity index (χ3v) is 4.82. The van der Waals surface area contributed by atoms with Gasteiger partial charge in [-0.15, -0.1) is 0 Å². The molecule has 1 aromatic carbocycles. The first-order valence-electron chi connectivity index (χ1n) is 8.64. The number of benzene rings is 1. The average Bonchev–Trinajstić information content (AvgIpc) is 2.63. The van der Waals surface area contributed by atoms with E-state index in [0.717, 1.165) is 16.9 Å². The maximum absolute atomic E-state index is 12.6. The quantitative estimate of drug-likeness (QED) is 0.622.